The fourth-order valence-corrected chi connectivity index (χ4v) is 1.93. The van der Waals surface area contributed by atoms with Crippen LogP contribution in [0.25, 0.3) is 0 Å². The molecule has 0 saturated heterocycles. The average Bonchev–Trinajstić information content (AvgIpc) is 2.36. The molecule has 6 heteroatoms. The van der Waals surface area contributed by atoms with Crippen LogP contribution in [-0.2, 0) is 11.8 Å². The van der Waals surface area contributed by atoms with Crippen molar-refractivity contribution in [3.05, 3.63) is 45.4 Å². The molecule has 0 fully saturated rings. The molecule has 1 aromatic rings. The Bertz CT molecular complexity index is 681. The molecule has 1 heterocycles. The van der Waals surface area contributed by atoms with Gasteiger partial charge in [-0.1, -0.05) is 0 Å². The van der Waals surface area contributed by atoms with E-state index in [0.29, 0.717) is 0 Å². The SMILES string of the molecule is CCOC(=O)c1cn(C)c2c(c1=O)C(=O)C=CC2=O. The van der Waals surface area contributed by atoms with Crippen molar-refractivity contribution in [3.8, 4) is 0 Å². The zero-order valence-corrected chi connectivity index (χ0v) is 10.4. The van der Waals surface area contributed by atoms with Crippen LogP contribution >= 0.6 is 0 Å². The zero-order chi connectivity index (χ0) is 14.2. The van der Waals surface area contributed by atoms with Gasteiger partial charge in [0.05, 0.1) is 12.2 Å². The summed E-state index contributed by atoms with van der Waals surface area (Å²) in [5.41, 5.74) is -1.31. The molecule has 0 aromatic carbocycles. The molecular formula is C13H11NO5. The Morgan fingerprint density at radius 1 is 1.21 bits per heavy atom. The second-order valence-corrected chi connectivity index (χ2v) is 3.99. The Hall–Kier alpha value is -2.50. The number of hydrogen-bond acceptors (Lipinski definition) is 5. The van der Waals surface area contributed by atoms with E-state index in [1.807, 2.05) is 0 Å². The zero-order valence-electron chi connectivity index (χ0n) is 10.4. The molecule has 0 aliphatic heterocycles. The highest BCUT2D eigenvalue weighted by Gasteiger charge is 2.28. The second kappa shape index (κ2) is 4.64. The van der Waals surface area contributed by atoms with Gasteiger partial charge in [0.15, 0.2) is 5.78 Å². The monoisotopic (exact) mass is 261 g/mol. The smallest absolute Gasteiger partial charge is 0.343 e. The van der Waals surface area contributed by atoms with Gasteiger partial charge >= 0.3 is 5.97 Å². The number of allylic oxidation sites excluding steroid dienone is 2. The minimum Gasteiger partial charge on any atom is -0.462 e. The van der Waals surface area contributed by atoms with Crippen molar-refractivity contribution >= 4 is 17.5 Å². The molecule has 98 valence electrons. The molecule has 2 rings (SSSR count). The maximum atomic E-state index is 12.1. The van der Waals surface area contributed by atoms with Crippen molar-refractivity contribution in [1.29, 1.82) is 0 Å². The van der Waals surface area contributed by atoms with E-state index in [9.17, 15) is 19.2 Å². The van der Waals surface area contributed by atoms with E-state index in [1.165, 1.54) is 17.8 Å². The number of nitrogens with zero attached hydrogens (tertiary/aromatic N) is 1. The summed E-state index contributed by atoms with van der Waals surface area (Å²) in [7, 11) is 1.49. The number of aromatic nitrogens is 1. The number of aryl methyl sites for hydroxylation is 1. The lowest BCUT2D eigenvalue weighted by Gasteiger charge is -2.14. The number of carbonyl (C=O) groups excluding carboxylic acids is 3. The lowest BCUT2D eigenvalue weighted by atomic mass is 9.97. The first-order chi connectivity index (χ1) is 8.97. The minimum atomic E-state index is -0.805. The van der Waals surface area contributed by atoms with Crippen molar-refractivity contribution in [2.45, 2.75) is 6.92 Å². The van der Waals surface area contributed by atoms with Gasteiger partial charge in [0, 0.05) is 13.2 Å². The van der Waals surface area contributed by atoms with Crippen molar-refractivity contribution < 1.29 is 19.1 Å². The number of hydrogen-bond donors (Lipinski definition) is 0. The van der Waals surface area contributed by atoms with Crippen LogP contribution in [0.3, 0.4) is 0 Å². The predicted octanol–water partition coefficient (Wildman–Crippen LogP) is 0.497. The first kappa shape index (κ1) is 12.9. The maximum Gasteiger partial charge on any atom is 0.343 e. The molecule has 0 atom stereocenters. The van der Waals surface area contributed by atoms with E-state index in [1.54, 1.807) is 6.92 Å². The van der Waals surface area contributed by atoms with Crippen LogP contribution in [0, 0.1) is 0 Å². The van der Waals surface area contributed by atoms with Crippen LogP contribution in [0.2, 0.25) is 0 Å². The standard InChI is InChI=1S/C13H11NO5/c1-3-19-13(18)7-6-14(2)11-9(16)5-4-8(15)10(11)12(7)17/h4-6H,3H2,1-2H3. The van der Waals surface area contributed by atoms with Crippen LogP contribution in [0.5, 0.6) is 0 Å². The summed E-state index contributed by atoms with van der Waals surface area (Å²) >= 11 is 0. The predicted molar refractivity (Wildman–Crippen MR) is 65.4 cm³/mol. The third-order valence-corrected chi connectivity index (χ3v) is 2.75. The van der Waals surface area contributed by atoms with E-state index in [-0.39, 0.29) is 23.4 Å². The van der Waals surface area contributed by atoms with Crippen molar-refractivity contribution in [1.82, 2.24) is 4.57 Å². The summed E-state index contributed by atoms with van der Waals surface area (Å²) in [6.07, 6.45) is 3.35. The molecule has 1 aliphatic carbocycles. The number of fused-ring (bicyclic) bond motifs is 1. The number of rotatable bonds is 2. The van der Waals surface area contributed by atoms with Crippen molar-refractivity contribution in [3.63, 3.8) is 0 Å². The van der Waals surface area contributed by atoms with Gasteiger partial charge in [0.2, 0.25) is 11.2 Å². The van der Waals surface area contributed by atoms with Gasteiger partial charge in [-0.15, -0.1) is 0 Å². The molecule has 19 heavy (non-hydrogen) atoms. The molecule has 0 spiro atoms. The van der Waals surface area contributed by atoms with Gasteiger partial charge in [0.25, 0.3) is 0 Å². The normalized spacial score (nSPS) is 13.4. The summed E-state index contributed by atoms with van der Waals surface area (Å²) in [6.45, 7) is 1.73. The van der Waals surface area contributed by atoms with Crippen LogP contribution in [0.4, 0.5) is 0 Å². The molecule has 0 bridgehead atoms. The third-order valence-electron chi connectivity index (χ3n) is 2.75. The molecule has 0 N–H and O–H groups in total. The molecule has 0 unspecified atom stereocenters. The second-order valence-electron chi connectivity index (χ2n) is 3.99. The van der Waals surface area contributed by atoms with Gasteiger partial charge in [0.1, 0.15) is 11.3 Å². The fraction of sp³-hybridized carbons (Fsp3) is 0.231. The quantitative estimate of drug-likeness (QED) is 0.724. The number of carbonyl (C=O) groups is 3. The lowest BCUT2D eigenvalue weighted by Crippen LogP contribution is -2.31. The Labute approximate surface area is 108 Å². The molecular weight excluding hydrogens is 250 g/mol. The fourth-order valence-electron chi connectivity index (χ4n) is 1.93. The maximum absolute atomic E-state index is 12.1. The Kier molecular flexibility index (Phi) is 3.16. The number of ether oxygens (including phenoxy) is 1. The average molecular weight is 261 g/mol. The van der Waals surface area contributed by atoms with Crippen LogP contribution < -0.4 is 5.43 Å². The van der Waals surface area contributed by atoms with E-state index >= 15 is 0 Å². The van der Waals surface area contributed by atoms with Gasteiger partial charge in [-0.3, -0.25) is 14.4 Å². The van der Waals surface area contributed by atoms with Crippen molar-refractivity contribution in [2.24, 2.45) is 7.05 Å². The van der Waals surface area contributed by atoms with E-state index in [2.05, 4.69) is 0 Å². The number of pyridine rings is 1. The Balaban J connectivity index is 2.73. The van der Waals surface area contributed by atoms with E-state index in [4.69, 9.17) is 4.74 Å². The van der Waals surface area contributed by atoms with Gasteiger partial charge in [-0.25, -0.2) is 4.79 Å². The highest BCUT2D eigenvalue weighted by atomic mass is 16.5. The molecule has 1 aliphatic rings. The van der Waals surface area contributed by atoms with Gasteiger partial charge < -0.3 is 9.30 Å². The Morgan fingerprint density at radius 2 is 1.84 bits per heavy atom. The van der Waals surface area contributed by atoms with Crippen LogP contribution in [-0.4, -0.2) is 28.7 Å². The molecule has 0 radical (unpaired) electrons. The van der Waals surface area contributed by atoms with Gasteiger partial charge in [-0.05, 0) is 19.1 Å². The first-order valence-electron chi connectivity index (χ1n) is 5.64. The lowest BCUT2D eigenvalue weighted by molar-refractivity contribution is 0.0523. The summed E-state index contributed by atoms with van der Waals surface area (Å²) in [4.78, 5) is 47.2. The minimum absolute atomic E-state index is 0.00875. The number of ketones is 2. The Morgan fingerprint density at radius 3 is 2.47 bits per heavy atom. The summed E-state index contributed by atoms with van der Waals surface area (Å²) in [5.74, 6) is -1.83. The highest BCUT2D eigenvalue weighted by Crippen LogP contribution is 2.14. The molecule has 1 aromatic heterocycles. The first-order valence-corrected chi connectivity index (χ1v) is 5.64. The van der Waals surface area contributed by atoms with E-state index < -0.39 is 23.0 Å². The van der Waals surface area contributed by atoms with Crippen molar-refractivity contribution in [2.75, 3.05) is 6.61 Å². The summed E-state index contributed by atoms with van der Waals surface area (Å²) in [6, 6.07) is 0. The van der Waals surface area contributed by atoms with Crippen LogP contribution in [0.15, 0.2) is 23.1 Å². The topological polar surface area (TPSA) is 82.4 Å². The summed E-state index contributed by atoms with van der Waals surface area (Å²) < 4.78 is 6.05. The van der Waals surface area contributed by atoms with Crippen LogP contribution in [0.1, 0.15) is 38.1 Å². The number of esters is 1. The molecule has 6 nitrogen and oxygen atoms in total. The van der Waals surface area contributed by atoms with E-state index in [0.717, 1.165) is 12.2 Å². The third kappa shape index (κ3) is 2.01. The van der Waals surface area contributed by atoms with Gasteiger partial charge in [-0.2, -0.15) is 0 Å². The largest absolute Gasteiger partial charge is 0.462 e. The summed E-state index contributed by atoms with van der Waals surface area (Å²) in [5, 5.41) is 0. The highest BCUT2D eigenvalue weighted by molar-refractivity contribution is 6.21. The molecule has 0 amide bonds. The molecule has 0 saturated carbocycles.